The summed E-state index contributed by atoms with van der Waals surface area (Å²) in [6.07, 6.45) is 5.61. The van der Waals surface area contributed by atoms with E-state index >= 15 is 0 Å². The Labute approximate surface area is 91.7 Å². The Morgan fingerprint density at radius 3 is 3.00 bits per heavy atom. The molecule has 0 unspecified atom stereocenters. The largest absolute Gasteiger partial charge is 0.391 e. The van der Waals surface area contributed by atoms with Gasteiger partial charge >= 0.3 is 0 Å². The van der Waals surface area contributed by atoms with Gasteiger partial charge < -0.3 is 10.4 Å². The van der Waals surface area contributed by atoms with E-state index in [9.17, 15) is 5.11 Å². The Hall–Kier alpha value is -0.610. The lowest BCUT2D eigenvalue weighted by atomic mass is 10.2. The first-order valence-corrected chi connectivity index (χ1v) is 5.57. The van der Waals surface area contributed by atoms with Gasteiger partial charge in [0.15, 0.2) is 0 Å². The summed E-state index contributed by atoms with van der Waals surface area (Å²) < 4.78 is 0.948. The standard InChI is InChI=1S/C10H13BrN2O/c11-8-3-9(5-12-4-8)13-6-10(14)7-1-2-7/h3-5,7,10,13-14H,1-2,6H2/t10-/m0/s1. The lowest BCUT2D eigenvalue weighted by Gasteiger charge is -2.11. The van der Waals surface area contributed by atoms with E-state index in [-0.39, 0.29) is 6.10 Å². The number of pyridine rings is 1. The fraction of sp³-hybridized carbons (Fsp3) is 0.500. The maximum absolute atomic E-state index is 9.62. The summed E-state index contributed by atoms with van der Waals surface area (Å²) in [5, 5.41) is 12.8. The molecule has 0 aromatic carbocycles. The first kappa shape index (κ1) is 9.93. The molecule has 1 aromatic rings. The second-order valence-electron chi connectivity index (χ2n) is 3.68. The Morgan fingerprint density at radius 2 is 2.36 bits per heavy atom. The van der Waals surface area contributed by atoms with E-state index in [2.05, 4.69) is 26.2 Å². The number of nitrogens with one attached hydrogen (secondary N) is 1. The summed E-state index contributed by atoms with van der Waals surface area (Å²) in [5.74, 6) is 0.516. The number of halogens is 1. The van der Waals surface area contributed by atoms with Crippen LogP contribution in [-0.2, 0) is 0 Å². The highest BCUT2D eigenvalue weighted by Gasteiger charge is 2.29. The molecule has 2 rings (SSSR count). The first-order chi connectivity index (χ1) is 6.75. The van der Waals surface area contributed by atoms with E-state index in [4.69, 9.17) is 0 Å². The molecule has 3 nitrogen and oxygen atoms in total. The van der Waals surface area contributed by atoms with Crippen molar-refractivity contribution in [3.63, 3.8) is 0 Å². The molecule has 1 aromatic heterocycles. The van der Waals surface area contributed by atoms with E-state index in [1.165, 1.54) is 12.8 Å². The molecule has 0 aliphatic heterocycles. The fourth-order valence-electron chi connectivity index (χ4n) is 1.38. The number of rotatable bonds is 4. The molecule has 76 valence electrons. The van der Waals surface area contributed by atoms with Crippen LogP contribution in [0.1, 0.15) is 12.8 Å². The van der Waals surface area contributed by atoms with Gasteiger partial charge in [0.25, 0.3) is 0 Å². The molecule has 1 saturated carbocycles. The minimum absolute atomic E-state index is 0.214. The number of hydrogen-bond acceptors (Lipinski definition) is 3. The van der Waals surface area contributed by atoms with Gasteiger partial charge in [-0.05, 0) is 40.8 Å². The Bertz CT molecular complexity index is 315. The summed E-state index contributed by atoms with van der Waals surface area (Å²) >= 11 is 3.35. The molecule has 1 fully saturated rings. The summed E-state index contributed by atoms with van der Waals surface area (Å²) in [5.41, 5.74) is 0.944. The van der Waals surface area contributed by atoms with Crippen molar-refractivity contribution in [2.24, 2.45) is 5.92 Å². The lowest BCUT2D eigenvalue weighted by molar-refractivity contribution is 0.164. The van der Waals surface area contributed by atoms with E-state index in [1.807, 2.05) is 6.07 Å². The van der Waals surface area contributed by atoms with Crippen LogP contribution in [0.2, 0.25) is 0 Å². The highest BCUT2D eigenvalue weighted by atomic mass is 79.9. The number of aliphatic hydroxyl groups excluding tert-OH is 1. The van der Waals surface area contributed by atoms with Crippen molar-refractivity contribution in [2.75, 3.05) is 11.9 Å². The minimum Gasteiger partial charge on any atom is -0.391 e. The number of hydrogen-bond donors (Lipinski definition) is 2. The van der Waals surface area contributed by atoms with Crippen molar-refractivity contribution in [3.05, 3.63) is 22.9 Å². The maximum Gasteiger partial charge on any atom is 0.0740 e. The molecule has 1 aliphatic carbocycles. The zero-order valence-electron chi connectivity index (χ0n) is 7.78. The first-order valence-electron chi connectivity index (χ1n) is 4.78. The molecular weight excluding hydrogens is 244 g/mol. The van der Waals surface area contributed by atoms with Crippen molar-refractivity contribution in [3.8, 4) is 0 Å². The van der Waals surface area contributed by atoms with Crippen molar-refractivity contribution < 1.29 is 5.11 Å². The van der Waals surface area contributed by atoms with E-state index < -0.39 is 0 Å². The van der Waals surface area contributed by atoms with Gasteiger partial charge in [0.2, 0.25) is 0 Å². The molecule has 2 N–H and O–H groups in total. The predicted octanol–water partition coefficient (Wildman–Crippen LogP) is 2.03. The van der Waals surface area contributed by atoms with Gasteiger partial charge in [-0.15, -0.1) is 0 Å². The highest BCUT2D eigenvalue weighted by molar-refractivity contribution is 9.10. The SMILES string of the molecule is O[C@@H](CNc1cncc(Br)c1)C1CC1. The van der Waals surface area contributed by atoms with E-state index in [1.54, 1.807) is 12.4 Å². The molecule has 0 saturated heterocycles. The van der Waals surface area contributed by atoms with Gasteiger partial charge in [-0.3, -0.25) is 4.98 Å². The smallest absolute Gasteiger partial charge is 0.0740 e. The van der Waals surface area contributed by atoms with Crippen LogP contribution < -0.4 is 5.32 Å². The quantitative estimate of drug-likeness (QED) is 0.867. The lowest BCUT2D eigenvalue weighted by Crippen LogP contribution is -2.21. The van der Waals surface area contributed by atoms with Gasteiger partial charge in [-0.1, -0.05) is 0 Å². The zero-order valence-corrected chi connectivity index (χ0v) is 9.37. The van der Waals surface area contributed by atoms with Crippen LogP contribution in [0.5, 0.6) is 0 Å². The monoisotopic (exact) mass is 256 g/mol. The Balaban J connectivity index is 1.84. The van der Waals surface area contributed by atoms with Crippen LogP contribution in [0.3, 0.4) is 0 Å². The van der Waals surface area contributed by atoms with Gasteiger partial charge in [-0.25, -0.2) is 0 Å². The van der Waals surface area contributed by atoms with Gasteiger partial charge in [0.05, 0.1) is 18.0 Å². The molecule has 14 heavy (non-hydrogen) atoms. The molecule has 0 bridgehead atoms. The molecular formula is C10H13BrN2O. The third-order valence-corrected chi connectivity index (χ3v) is 2.82. The van der Waals surface area contributed by atoms with Crippen molar-refractivity contribution >= 4 is 21.6 Å². The average Bonchev–Trinajstić information content (AvgIpc) is 2.97. The summed E-state index contributed by atoms with van der Waals surface area (Å²) in [6.45, 7) is 0.614. The van der Waals surface area contributed by atoms with Crippen molar-refractivity contribution in [1.82, 2.24) is 4.98 Å². The minimum atomic E-state index is -0.214. The highest BCUT2D eigenvalue weighted by Crippen LogP contribution is 2.32. The van der Waals surface area contributed by atoms with Crippen LogP contribution >= 0.6 is 15.9 Å². The van der Waals surface area contributed by atoms with Crippen LogP contribution in [0, 0.1) is 5.92 Å². The Morgan fingerprint density at radius 1 is 1.57 bits per heavy atom. The summed E-state index contributed by atoms with van der Waals surface area (Å²) in [4.78, 5) is 4.03. The summed E-state index contributed by atoms with van der Waals surface area (Å²) in [6, 6.07) is 1.95. The van der Waals surface area contributed by atoms with Crippen LogP contribution in [0.4, 0.5) is 5.69 Å². The Kier molecular flexibility index (Phi) is 3.03. The third-order valence-electron chi connectivity index (χ3n) is 2.39. The summed E-state index contributed by atoms with van der Waals surface area (Å²) in [7, 11) is 0. The van der Waals surface area contributed by atoms with Crippen LogP contribution in [0.15, 0.2) is 22.9 Å². The van der Waals surface area contributed by atoms with E-state index in [0.29, 0.717) is 12.5 Å². The number of nitrogens with zero attached hydrogens (tertiary/aromatic N) is 1. The number of anilines is 1. The second-order valence-corrected chi connectivity index (χ2v) is 4.59. The fourth-order valence-corrected chi connectivity index (χ4v) is 1.74. The number of aliphatic hydroxyl groups is 1. The maximum atomic E-state index is 9.62. The molecule has 4 heteroatoms. The predicted molar refractivity (Wildman–Crippen MR) is 59.2 cm³/mol. The zero-order chi connectivity index (χ0) is 9.97. The molecule has 1 heterocycles. The topological polar surface area (TPSA) is 45.1 Å². The molecule has 0 spiro atoms. The van der Waals surface area contributed by atoms with Gasteiger partial charge in [0.1, 0.15) is 0 Å². The molecule has 0 radical (unpaired) electrons. The molecule has 1 atom stereocenters. The van der Waals surface area contributed by atoms with Crippen LogP contribution in [0.25, 0.3) is 0 Å². The average molecular weight is 257 g/mol. The van der Waals surface area contributed by atoms with E-state index in [0.717, 1.165) is 10.2 Å². The number of aromatic nitrogens is 1. The normalized spacial score (nSPS) is 17.9. The van der Waals surface area contributed by atoms with Gasteiger partial charge in [-0.2, -0.15) is 0 Å². The molecule has 1 aliphatic rings. The van der Waals surface area contributed by atoms with Crippen molar-refractivity contribution in [1.29, 1.82) is 0 Å². The van der Waals surface area contributed by atoms with Crippen LogP contribution in [-0.4, -0.2) is 22.7 Å². The second kappa shape index (κ2) is 4.28. The molecule has 0 amide bonds. The van der Waals surface area contributed by atoms with Crippen molar-refractivity contribution in [2.45, 2.75) is 18.9 Å². The third kappa shape index (κ3) is 2.69. The van der Waals surface area contributed by atoms with Gasteiger partial charge in [0, 0.05) is 17.2 Å².